The minimum atomic E-state index is -0.172. The van der Waals surface area contributed by atoms with Crippen molar-refractivity contribution in [2.45, 2.75) is 25.3 Å². The maximum Gasteiger partial charge on any atom is 0.271 e. The van der Waals surface area contributed by atoms with E-state index in [2.05, 4.69) is 32.7 Å². The van der Waals surface area contributed by atoms with E-state index in [9.17, 15) is 4.79 Å². The van der Waals surface area contributed by atoms with Crippen molar-refractivity contribution >= 4 is 5.91 Å². The molecule has 1 atom stereocenters. The number of rotatable bonds is 5. The smallest absolute Gasteiger partial charge is 0.271 e. The van der Waals surface area contributed by atoms with Crippen LogP contribution in [0, 0.1) is 0 Å². The lowest BCUT2D eigenvalue weighted by Gasteiger charge is -2.09. The van der Waals surface area contributed by atoms with Crippen LogP contribution in [0.3, 0.4) is 0 Å². The molecule has 1 aromatic heterocycles. The van der Waals surface area contributed by atoms with E-state index < -0.39 is 0 Å². The maximum absolute atomic E-state index is 12.0. The molecule has 1 aliphatic rings. The molecule has 5 heteroatoms. The molecule has 1 amide bonds. The maximum atomic E-state index is 12.0. The summed E-state index contributed by atoms with van der Waals surface area (Å²) in [6.45, 7) is 1.62. The Bertz CT molecular complexity index is 606. The lowest BCUT2D eigenvalue weighted by molar-refractivity contribution is 0.0948. The van der Waals surface area contributed by atoms with Gasteiger partial charge in [-0.05, 0) is 31.4 Å². The van der Waals surface area contributed by atoms with Gasteiger partial charge in [-0.25, -0.2) is 4.98 Å². The second-order valence-electron chi connectivity index (χ2n) is 5.47. The lowest BCUT2D eigenvalue weighted by Crippen LogP contribution is -2.27. The summed E-state index contributed by atoms with van der Waals surface area (Å²) in [5.41, 5.74) is 2.49. The highest BCUT2D eigenvalue weighted by Crippen LogP contribution is 2.20. The predicted molar refractivity (Wildman–Crippen MR) is 84.5 cm³/mol. The molecule has 0 aliphatic carbocycles. The summed E-state index contributed by atoms with van der Waals surface area (Å²) < 4.78 is 0. The topological polar surface area (TPSA) is 66.9 Å². The van der Waals surface area contributed by atoms with E-state index in [1.165, 1.54) is 5.56 Å². The largest absolute Gasteiger partial charge is 0.350 e. The standard InChI is InChI=1S/C17H20N4O/c22-17(19-10-8-13-5-2-1-3-6-13)16-12-20-15(11-21-16)14-7-4-9-18-14/h1-3,5-6,11-12,14,18H,4,7-10H2,(H,19,22)/t14-/m0/s1. The molecule has 0 bridgehead atoms. The number of aromatic nitrogens is 2. The minimum absolute atomic E-state index is 0.172. The van der Waals surface area contributed by atoms with E-state index in [0.29, 0.717) is 12.2 Å². The molecule has 1 aliphatic heterocycles. The van der Waals surface area contributed by atoms with E-state index in [1.54, 1.807) is 12.4 Å². The molecule has 1 saturated heterocycles. The summed E-state index contributed by atoms with van der Waals surface area (Å²) in [5, 5.41) is 6.25. The van der Waals surface area contributed by atoms with Gasteiger partial charge in [-0.3, -0.25) is 9.78 Å². The molecule has 2 aromatic rings. The zero-order valence-electron chi connectivity index (χ0n) is 12.5. The fourth-order valence-electron chi connectivity index (χ4n) is 2.63. The van der Waals surface area contributed by atoms with Crippen LogP contribution < -0.4 is 10.6 Å². The van der Waals surface area contributed by atoms with E-state index in [0.717, 1.165) is 31.5 Å². The third kappa shape index (κ3) is 3.68. The molecule has 22 heavy (non-hydrogen) atoms. The van der Waals surface area contributed by atoms with Crippen molar-refractivity contribution in [2.75, 3.05) is 13.1 Å². The van der Waals surface area contributed by atoms with Crippen molar-refractivity contribution < 1.29 is 4.79 Å². The molecule has 114 valence electrons. The van der Waals surface area contributed by atoms with Crippen molar-refractivity contribution in [1.82, 2.24) is 20.6 Å². The van der Waals surface area contributed by atoms with E-state index in [-0.39, 0.29) is 11.9 Å². The summed E-state index contributed by atoms with van der Waals surface area (Å²) in [7, 11) is 0. The quantitative estimate of drug-likeness (QED) is 0.884. The van der Waals surface area contributed by atoms with Gasteiger partial charge in [0.1, 0.15) is 5.69 Å². The molecule has 0 saturated carbocycles. The highest BCUT2D eigenvalue weighted by Gasteiger charge is 2.18. The van der Waals surface area contributed by atoms with Crippen LogP contribution in [-0.4, -0.2) is 29.0 Å². The number of amides is 1. The van der Waals surface area contributed by atoms with Gasteiger partial charge >= 0.3 is 0 Å². The van der Waals surface area contributed by atoms with Crippen LogP contribution in [0.15, 0.2) is 42.7 Å². The van der Waals surface area contributed by atoms with Crippen LogP contribution in [0.2, 0.25) is 0 Å². The van der Waals surface area contributed by atoms with Gasteiger partial charge in [-0.2, -0.15) is 0 Å². The Kier molecular flexibility index (Phi) is 4.75. The van der Waals surface area contributed by atoms with Crippen LogP contribution in [-0.2, 0) is 6.42 Å². The minimum Gasteiger partial charge on any atom is -0.350 e. The number of carbonyl (C=O) groups is 1. The Hall–Kier alpha value is -2.27. The second kappa shape index (κ2) is 7.13. The molecular formula is C17H20N4O. The molecule has 1 aromatic carbocycles. The zero-order valence-corrected chi connectivity index (χ0v) is 12.5. The number of hydrogen-bond donors (Lipinski definition) is 2. The number of nitrogens with zero attached hydrogens (tertiary/aromatic N) is 2. The monoisotopic (exact) mass is 296 g/mol. The highest BCUT2D eigenvalue weighted by molar-refractivity contribution is 5.91. The first kappa shape index (κ1) is 14.7. The summed E-state index contributed by atoms with van der Waals surface area (Å²) in [6.07, 6.45) is 6.32. The van der Waals surface area contributed by atoms with Crippen LogP contribution in [0.1, 0.15) is 40.6 Å². The predicted octanol–water partition coefficient (Wildman–Crippen LogP) is 1.87. The number of benzene rings is 1. The summed E-state index contributed by atoms with van der Waals surface area (Å²) in [5.74, 6) is -0.172. The Morgan fingerprint density at radius 2 is 2.09 bits per heavy atom. The molecule has 0 radical (unpaired) electrons. The van der Waals surface area contributed by atoms with Gasteiger partial charge in [-0.15, -0.1) is 0 Å². The molecule has 1 fully saturated rings. The van der Waals surface area contributed by atoms with Crippen LogP contribution in [0.4, 0.5) is 0 Å². The van der Waals surface area contributed by atoms with Gasteiger partial charge in [0.15, 0.2) is 0 Å². The molecule has 2 heterocycles. The first-order valence-corrected chi connectivity index (χ1v) is 7.70. The third-order valence-corrected chi connectivity index (χ3v) is 3.86. The van der Waals surface area contributed by atoms with E-state index >= 15 is 0 Å². The second-order valence-corrected chi connectivity index (χ2v) is 5.47. The van der Waals surface area contributed by atoms with Crippen LogP contribution >= 0.6 is 0 Å². The van der Waals surface area contributed by atoms with Gasteiger partial charge in [0.25, 0.3) is 5.91 Å². The SMILES string of the molecule is O=C(NCCc1ccccc1)c1cnc([C@@H]2CCCN2)cn1. The Morgan fingerprint density at radius 1 is 1.23 bits per heavy atom. The van der Waals surface area contributed by atoms with Crippen molar-refractivity contribution in [2.24, 2.45) is 0 Å². The van der Waals surface area contributed by atoms with Crippen molar-refractivity contribution in [3.63, 3.8) is 0 Å². The van der Waals surface area contributed by atoms with Crippen molar-refractivity contribution in [1.29, 1.82) is 0 Å². The number of nitrogens with one attached hydrogen (secondary N) is 2. The van der Waals surface area contributed by atoms with Gasteiger partial charge in [0.05, 0.1) is 24.1 Å². The van der Waals surface area contributed by atoms with Crippen LogP contribution in [0.5, 0.6) is 0 Å². The zero-order chi connectivity index (χ0) is 15.2. The van der Waals surface area contributed by atoms with Crippen molar-refractivity contribution in [3.05, 3.63) is 59.7 Å². The summed E-state index contributed by atoms with van der Waals surface area (Å²) >= 11 is 0. The highest BCUT2D eigenvalue weighted by atomic mass is 16.1. The Balaban J connectivity index is 1.51. The van der Waals surface area contributed by atoms with Gasteiger partial charge < -0.3 is 10.6 Å². The van der Waals surface area contributed by atoms with E-state index in [4.69, 9.17) is 0 Å². The molecule has 5 nitrogen and oxygen atoms in total. The Labute approximate surface area is 130 Å². The summed E-state index contributed by atoms with van der Waals surface area (Å²) in [6, 6.07) is 10.4. The number of hydrogen-bond acceptors (Lipinski definition) is 4. The first-order valence-electron chi connectivity index (χ1n) is 7.70. The fraction of sp³-hybridized carbons (Fsp3) is 0.353. The normalized spacial score (nSPS) is 17.4. The molecule has 3 rings (SSSR count). The first-order chi connectivity index (χ1) is 10.8. The number of carbonyl (C=O) groups excluding carboxylic acids is 1. The van der Waals surface area contributed by atoms with Gasteiger partial charge in [-0.1, -0.05) is 30.3 Å². The molecule has 0 spiro atoms. The van der Waals surface area contributed by atoms with E-state index in [1.807, 2.05) is 18.2 Å². The summed E-state index contributed by atoms with van der Waals surface area (Å²) in [4.78, 5) is 20.6. The third-order valence-electron chi connectivity index (χ3n) is 3.86. The lowest BCUT2D eigenvalue weighted by atomic mass is 10.1. The average molecular weight is 296 g/mol. The van der Waals surface area contributed by atoms with Crippen molar-refractivity contribution in [3.8, 4) is 0 Å². The average Bonchev–Trinajstić information content (AvgIpc) is 3.10. The van der Waals surface area contributed by atoms with Gasteiger partial charge in [0, 0.05) is 6.54 Å². The van der Waals surface area contributed by atoms with Gasteiger partial charge in [0.2, 0.25) is 0 Å². The van der Waals surface area contributed by atoms with Crippen LogP contribution in [0.25, 0.3) is 0 Å². The molecule has 0 unspecified atom stereocenters. The Morgan fingerprint density at radius 3 is 2.77 bits per heavy atom. The molecule has 2 N–H and O–H groups in total. The fourth-order valence-corrected chi connectivity index (χ4v) is 2.63. The molecular weight excluding hydrogens is 276 g/mol.